The molecule has 1 aromatic carbocycles. The highest BCUT2D eigenvalue weighted by Gasteiger charge is 2.21. The Bertz CT molecular complexity index is 787. The Hall–Kier alpha value is -2.31. The summed E-state index contributed by atoms with van der Waals surface area (Å²) in [5.74, 6) is 5.60. The second kappa shape index (κ2) is 5.59. The summed E-state index contributed by atoms with van der Waals surface area (Å²) in [4.78, 5) is 13.8. The van der Waals surface area contributed by atoms with Crippen LogP contribution in [0.15, 0.2) is 23.1 Å². The van der Waals surface area contributed by atoms with Gasteiger partial charge in [-0.05, 0) is 19.1 Å². The van der Waals surface area contributed by atoms with Crippen molar-refractivity contribution in [2.45, 2.75) is 11.8 Å². The summed E-state index contributed by atoms with van der Waals surface area (Å²) in [6, 6.07) is 3.22. The van der Waals surface area contributed by atoms with Gasteiger partial charge in [0.2, 0.25) is 5.13 Å². The third-order valence-electron chi connectivity index (χ3n) is 2.38. The average molecular weight is 330 g/mol. The maximum absolute atomic E-state index is 12.1. The normalized spacial score (nSPS) is 11.1. The number of rotatable bonds is 5. The Balaban J connectivity index is 2.38. The van der Waals surface area contributed by atoms with Crippen molar-refractivity contribution < 1.29 is 13.3 Å². The molecule has 0 aliphatic carbocycles. The molecule has 0 atom stereocenters. The molecule has 2 rings (SSSR count). The van der Waals surface area contributed by atoms with Gasteiger partial charge in [0, 0.05) is 17.6 Å². The highest BCUT2D eigenvalue weighted by Crippen LogP contribution is 2.27. The molecule has 4 N–H and O–H groups in total. The molecular formula is C9H10N6O4S2. The molecule has 12 heteroatoms. The zero-order chi connectivity index (χ0) is 15.6. The summed E-state index contributed by atoms with van der Waals surface area (Å²) in [6.07, 6.45) is 0. The summed E-state index contributed by atoms with van der Waals surface area (Å²) < 4.78 is 30.4. The topological polar surface area (TPSA) is 153 Å². The Morgan fingerprint density at radius 1 is 1.43 bits per heavy atom. The molecule has 0 unspecified atom stereocenters. The van der Waals surface area contributed by atoms with E-state index in [9.17, 15) is 18.5 Å². The van der Waals surface area contributed by atoms with Gasteiger partial charge in [-0.1, -0.05) is 0 Å². The molecular weight excluding hydrogens is 320 g/mol. The van der Waals surface area contributed by atoms with Gasteiger partial charge < -0.3 is 5.43 Å². The molecule has 0 aliphatic rings. The second-order valence-electron chi connectivity index (χ2n) is 3.83. The van der Waals surface area contributed by atoms with Crippen LogP contribution >= 0.6 is 11.5 Å². The number of benzene rings is 1. The summed E-state index contributed by atoms with van der Waals surface area (Å²) >= 11 is 0.889. The quantitative estimate of drug-likeness (QED) is 0.414. The van der Waals surface area contributed by atoms with Gasteiger partial charge >= 0.3 is 0 Å². The maximum Gasteiger partial charge on any atom is 0.293 e. The number of nitro groups is 1. The van der Waals surface area contributed by atoms with Crippen LogP contribution in [0.4, 0.5) is 16.5 Å². The number of nitro benzene ring substituents is 1. The number of nitrogens with two attached hydrogens (primary N) is 1. The third-order valence-corrected chi connectivity index (χ3v) is 4.57. The number of hydrogen-bond acceptors (Lipinski definition) is 9. The minimum atomic E-state index is -3.94. The van der Waals surface area contributed by atoms with Crippen LogP contribution in [-0.2, 0) is 10.0 Å². The zero-order valence-electron chi connectivity index (χ0n) is 10.6. The molecule has 112 valence electrons. The molecule has 1 heterocycles. The first-order valence-corrected chi connectivity index (χ1v) is 7.67. The fraction of sp³-hybridized carbons (Fsp3) is 0.111. The van der Waals surface area contributed by atoms with E-state index in [1.807, 2.05) is 0 Å². The van der Waals surface area contributed by atoms with Crippen LogP contribution in [0.2, 0.25) is 0 Å². The third kappa shape index (κ3) is 3.24. The van der Waals surface area contributed by atoms with Gasteiger partial charge in [0.1, 0.15) is 11.5 Å². The van der Waals surface area contributed by atoms with Crippen LogP contribution in [0, 0.1) is 17.0 Å². The molecule has 0 amide bonds. The van der Waals surface area contributed by atoms with Crippen LogP contribution in [-0.4, -0.2) is 22.7 Å². The van der Waals surface area contributed by atoms with Crippen molar-refractivity contribution in [3.8, 4) is 0 Å². The summed E-state index contributed by atoms with van der Waals surface area (Å²) in [5, 5.41) is 10.9. The fourth-order valence-electron chi connectivity index (χ4n) is 1.47. The molecule has 0 bridgehead atoms. The van der Waals surface area contributed by atoms with E-state index in [1.165, 1.54) is 0 Å². The first-order valence-electron chi connectivity index (χ1n) is 5.41. The molecule has 10 nitrogen and oxygen atoms in total. The molecule has 0 saturated heterocycles. The van der Waals surface area contributed by atoms with Gasteiger partial charge in [0.25, 0.3) is 15.7 Å². The Morgan fingerprint density at radius 3 is 2.67 bits per heavy atom. The molecule has 0 fully saturated rings. The standard InChI is InChI=1S/C9H10N6O4S2/c1-5-11-9(20-13-5)14-21(18,19)6-2-3-8(15(16)17)7(4-6)12-10/h2-4,12H,10H2,1H3,(H,11,13,14). The number of sulfonamides is 1. The van der Waals surface area contributed by atoms with E-state index in [0.29, 0.717) is 5.82 Å². The fourth-order valence-corrected chi connectivity index (χ4v) is 3.29. The molecule has 0 saturated carbocycles. The van der Waals surface area contributed by atoms with E-state index in [-0.39, 0.29) is 21.4 Å². The monoisotopic (exact) mass is 330 g/mol. The van der Waals surface area contributed by atoms with Gasteiger partial charge in [-0.15, -0.1) is 0 Å². The Morgan fingerprint density at radius 2 is 2.14 bits per heavy atom. The van der Waals surface area contributed by atoms with Crippen molar-refractivity contribution in [2.24, 2.45) is 5.84 Å². The van der Waals surface area contributed by atoms with Gasteiger partial charge in [0.15, 0.2) is 0 Å². The van der Waals surface area contributed by atoms with Crippen LogP contribution in [0.5, 0.6) is 0 Å². The minimum Gasteiger partial charge on any atom is -0.318 e. The maximum atomic E-state index is 12.1. The van der Waals surface area contributed by atoms with E-state index < -0.39 is 14.9 Å². The highest BCUT2D eigenvalue weighted by atomic mass is 32.2. The first kappa shape index (κ1) is 15.1. The predicted molar refractivity (Wildman–Crippen MR) is 76.4 cm³/mol. The molecule has 0 radical (unpaired) electrons. The summed E-state index contributed by atoms with van der Waals surface area (Å²) in [5.41, 5.74) is 1.65. The second-order valence-corrected chi connectivity index (χ2v) is 6.27. The number of hydrazine groups is 1. The number of nitrogen functional groups attached to an aromatic ring is 1. The predicted octanol–water partition coefficient (Wildman–Crippen LogP) is 0.841. The lowest BCUT2D eigenvalue weighted by atomic mass is 10.3. The van der Waals surface area contributed by atoms with Crippen molar-refractivity contribution >= 4 is 38.1 Å². The molecule has 0 aliphatic heterocycles. The summed E-state index contributed by atoms with van der Waals surface area (Å²) in [6.45, 7) is 1.62. The molecule has 0 spiro atoms. The largest absolute Gasteiger partial charge is 0.318 e. The van der Waals surface area contributed by atoms with Crippen LogP contribution in [0.25, 0.3) is 0 Å². The Labute approximate surface area is 123 Å². The van der Waals surface area contributed by atoms with Gasteiger partial charge in [-0.2, -0.15) is 4.37 Å². The van der Waals surface area contributed by atoms with Crippen LogP contribution in [0.3, 0.4) is 0 Å². The van der Waals surface area contributed by atoms with E-state index in [0.717, 1.165) is 29.7 Å². The molecule has 2 aromatic rings. The van der Waals surface area contributed by atoms with Gasteiger partial charge in [-0.3, -0.25) is 20.7 Å². The number of anilines is 2. The average Bonchev–Trinajstić information content (AvgIpc) is 2.82. The van der Waals surface area contributed by atoms with Crippen molar-refractivity contribution in [1.29, 1.82) is 0 Å². The number of aryl methyl sites for hydroxylation is 1. The van der Waals surface area contributed by atoms with E-state index >= 15 is 0 Å². The van der Waals surface area contributed by atoms with Crippen molar-refractivity contribution in [3.05, 3.63) is 34.1 Å². The van der Waals surface area contributed by atoms with Crippen molar-refractivity contribution in [3.63, 3.8) is 0 Å². The molecule has 1 aromatic heterocycles. The molecule has 21 heavy (non-hydrogen) atoms. The lowest BCUT2D eigenvalue weighted by molar-refractivity contribution is -0.384. The van der Waals surface area contributed by atoms with Crippen LogP contribution in [0.1, 0.15) is 5.82 Å². The lowest BCUT2D eigenvalue weighted by Gasteiger charge is -2.07. The van der Waals surface area contributed by atoms with Gasteiger partial charge in [-0.25, -0.2) is 13.4 Å². The number of hydrogen-bond donors (Lipinski definition) is 3. The van der Waals surface area contributed by atoms with Crippen molar-refractivity contribution in [2.75, 3.05) is 10.1 Å². The van der Waals surface area contributed by atoms with E-state index in [1.54, 1.807) is 6.92 Å². The van der Waals surface area contributed by atoms with Gasteiger partial charge in [0.05, 0.1) is 9.82 Å². The number of nitrogens with one attached hydrogen (secondary N) is 2. The number of nitrogens with zero attached hydrogens (tertiary/aromatic N) is 3. The zero-order valence-corrected chi connectivity index (χ0v) is 12.2. The van der Waals surface area contributed by atoms with Crippen molar-refractivity contribution in [1.82, 2.24) is 9.36 Å². The minimum absolute atomic E-state index is 0.105. The SMILES string of the molecule is Cc1nsc(NS(=O)(=O)c2ccc([N+](=O)[O-])c(NN)c2)n1. The first-order chi connectivity index (χ1) is 9.83. The summed E-state index contributed by atoms with van der Waals surface area (Å²) in [7, 11) is -3.94. The number of aromatic nitrogens is 2. The van der Waals surface area contributed by atoms with Crippen LogP contribution < -0.4 is 16.0 Å². The lowest BCUT2D eigenvalue weighted by Crippen LogP contribution is -2.15. The Kier molecular flexibility index (Phi) is 4.02. The van der Waals surface area contributed by atoms with E-state index in [4.69, 9.17) is 5.84 Å². The van der Waals surface area contributed by atoms with E-state index in [2.05, 4.69) is 19.5 Å². The smallest absolute Gasteiger partial charge is 0.293 e. The highest BCUT2D eigenvalue weighted by molar-refractivity contribution is 7.93.